The number of nitrogens with one attached hydrogen (secondary N) is 2. The monoisotopic (exact) mass is 510 g/mol. The zero-order chi connectivity index (χ0) is 22.7. The van der Waals surface area contributed by atoms with Crippen LogP contribution in [0.4, 0.5) is 23.7 Å². The van der Waals surface area contributed by atoms with Gasteiger partial charge in [0.15, 0.2) is 0 Å². The third kappa shape index (κ3) is 4.52. The average molecular weight is 511 g/mol. The highest BCUT2D eigenvalue weighted by molar-refractivity contribution is 9.10. The Morgan fingerprint density at radius 3 is 2.44 bits per heavy atom. The van der Waals surface area contributed by atoms with Gasteiger partial charge in [-0.2, -0.15) is 0 Å². The predicted molar refractivity (Wildman–Crippen MR) is 114 cm³/mol. The predicted octanol–water partition coefficient (Wildman–Crippen LogP) is 5.06. The molecule has 0 aliphatic carbocycles. The van der Waals surface area contributed by atoms with Gasteiger partial charge in [-0.15, -0.1) is 0 Å². The molecule has 1 aliphatic rings. The zero-order valence-electron chi connectivity index (χ0n) is 16.5. The Labute approximate surface area is 189 Å². The first-order chi connectivity index (χ1) is 15.5. The van der Waals surface area contributed by atoms with Crippen LogP contribution in [-0.2, 0) is 6.54 Å². The second-order valence-electron chi connectivity index (χ2n) is 6.95. The van der Waals surface area contributed by atoms with Crippen molar-refractivity contribution < 1.29 is 27.4 Å². The van der Waals surface area contributed by atoms with Gasteiger partial charge in [0.1, 0.15) is 23.1 Å². The molecule has 2 atom stereocenters. The van der Waals surface area contributed by atoms with Gasteiger partial charge in [-0.1, -0.05) is 15.9 Å². The summed E-state index contributed by atoms with van der Waals surface area (Å²) in [5, 5.41) is 5.48. The maximum atomic E-state index is 13.1. The van der Waals surface area contributed by atoms with Crippen LogP contribution < -0.4 is 20.1 Å². The van der Waals surface area contributed by atoms with E-state index in [0.29, 0.717) is 28.1 Å². The molecule has 11 heteroatoms. The molecule has 0 bridgehead atoms. The van der Waals surface area contributed by atoms with E-state index in [4.69, 9.17) is 9.47 Å². The smallest absolute Gasteiger partial charge is 0.319 e. The average Bonchev–Trinajstić information content (AvgIpc) is 3.33. The Morgan fingerprint density at radius 2 is 1.81 bits per heavy atom. The molecule has 2 N–H and O–H groups in total. The highest BCUT2D eigenvalue weighted by atomic mass is 79.9. The van der Waals surface area contributed by atoms with E-state index >= 15 is 0 Å². The fraction of sp³-hybridized carbons (Fsp3) is 0.238. The lowest BCUT2D eigenvalue weighted by Crippen LogP contribution is -2.34. The van der Waals surface area contributed by atoms with Crippen LogP contribution in [0.5, 0.6) is 11.5 Å². The van der Waals surface area contributed by atoms with Crippen LogP contribution in [0.1, 0.15) is 23.3 Å². The SMILES string of the molecule is O=C(Nc1ccc(F)cc1)N[C@@H]1c2nccn2C[C@H]1c1c(OCF)cc(Br)cc1OCF. The number of hydrogen-bond donors (Lipinski definition) is 2. The molecule has 0 fully saturated rings. The number of aromatic nitrogens is 2. The minimum absolute atomic E-state index is 0.159. The normalized spacial score (nSPS) is 17.0. The fourth-order valence-corrected chi connectivity index (χ4v) is 4.22. The molecule has 2 amide bonds. The van der Waals surface area contributed by atoms with Gasteiger partial charge >= 0.3 is 6.03 Å². The van der Waals surface area contributed by atoms with E-state index in [9.17, 15) is 18.0 Å². The van der Waals surface area contributed by atoms with Crippen molar-refractivity contribution in [2.45, 2.75) is 18.5 Å². The first kappa shape index (κ1) is 22.0. The molecule has 2 heterocycles. The Hall–Kier alpha value is -3.21. The van der Waals surface area contributed by atoms with Gasteiger partial charge in [-0.05, 0) is 36.4 Å². The molecule has 32 heavy (non-hydrogen) atoms. The van der Waals surface area contributed by atoms with Crippen LogP contribution in [0, 0.1) is 5.82 Å². The number of alkyl halides is 2. The van der Waals surface area contributed by atoms with Crippen molar-refractivity contribution in [3.8, 4) is 11.5 Å². The van der Waals surface area contributed by atoms with E-state index in [1.165, 1.54) is 24.3 Å². The summed E-state index contributed by atoms with van der Waals surface area (Å²) in [5.74, 6) is -0.0399. The first-order valence-corrected chi connectivity index (χ1v) is 10.3. The molecule has 4 rings (SSSR count). The number of fused-ring (bicyclic) bond motifs is 1. The lowest BCUT2D eigenvalue weighted by atomic mass is 9.91. The van der Waals surface area contributed by atoms with Crippen molar-refractivity contribution in [3.05, 3.63) is 70.5 Å². The van der Waals surface area contributed by atoms with Crippen molar-refractivity contribution in [2.24, 2.45) is 0 Å². The Morgan fingerprint density at radius 1 is 1.16 bits per heavy atom. The maximum Gasteiger partial charge on any atom is 0.319 e. The number of rotatable bonds is 7. The third-order valence-electron chi connectivity index (χ3n) is 5.07. The topological polar surface area (TPSA) is 77.4 Å². The number of hydrogen-bond acceptors (Lipinski definition) is 4. The van der Waals surface area contributed by atoms with E-state index in [2.05, 4.69) is 31.5 Å². The number of amides is 2. The van der Waals surface area contributed by atoms with Gasteiger partial charge in [-0.25, -0.2) is 22.9 Å². The molecule has 3 aromatic rings. The Bertz CT molecular complexity index is 1080. The summed E-state index contributed by atoms with van der Waals surface area (Å²) < 4.78 is 52.0. The Kier molecular flexibility index (Phi) is 6.54. The lowest BCUT2D eigenvalue weighted by Gasteiger charge is -2.24. The number of benzene rings is 2. The maximum absolute atomic E-state index is 13.1. The highest BCUT2D eigenvalue weighted by Crippen LogP contribution is 2.47. The minimum Gasteiger partial charge on any atom is -0.462 e. The van der Waals surface area contributed by atoms with Gasteiger partial charge in [0, 0.05) is 40.6 Å². The molecular weight excluding hydrogens is 493 g/mol. The summed E-state index contributed by atoms with van der Waals surface area (Å²) in [6.07, 6.45) is 3.34. The minimum atomic E-state index is -1.10. The van der Waals surface area contributed by atoms with E-state index in [1.807, 2.05) is 4.57 Å². The number of anilines is 1. The molecule has 1 aliphatic heterocycles. The Balaban J connectivity index is 1.67. The van der Waals surface area contributed by atoms with Crippen LogP contribution >= 0.6 is 15.9 Å². The van der Waals surface area contributed by atoms with Gasteiger partial charge in [-0.3, -0.25) is 0 Å². The summed E-state index contributed by atoms with van der Waals surface area (Å²) in [4.78, 5) is 17.0. The summed E-state index contributed by atoms with van der Waals surface area (Å²) in [6, 6.07) is 7.20. The molecule has 2 aromatic carbocycles. The second-order valence-corrected chi connectivity index (χ2v) is 7.87. The van der Waals surface area contributed by atoms with Gasteiger partial charge in [0.05, 0.1) is 6.04 Å². The zero-order valence-corrected chi connectivity index (χ0v) is 18.1. The molecule has 7 nitrogen and oxygen atoms in total. The highest BCUT2D eigenvalue weighted by Gasteiger charge is 2.39. The van der Waals surface area contributed by atoms with Crippen LogP contribution in [0.25, 0.3) is 0 Å². The number of ether oxygens (including phenoxy) is 2. The largest absolute Gasteiger partial charge is 0.462 e. The van der Waals surface area contributed by atoms with Crippen molar-refractivity contribution in [1.82, 2.24) is 14.9 Å². The molecule has 168 valence electrons. The summed E-state index contributed by atoms with van der Waals surface area (Å²) in [7, 11) is 0. The molecule has 0 unspecified atom stereocenters. The van der Waals surface area contributed by atoms with Crippen molar-refractivity contribution >= 4 is 27.6 Å². The quantitative estimate of drug-likeness (QED) is 0.465. The lowest BCUT2D eigenvalue weighted by molar-refractivity contribution is 0.175. The number of urea groups is 1. The molecule has 0 spiro atoms. The van der Waals surface area contributed by atoms with E-state index in [-0.39, 0.29) is 11.5 Å². The van der Waals surface area contributed by atoms with Crippen LogP contribution in [0.2, 0.25) is 0 Å². The van der Waals surface area contributed by atoms with E-state index in [1.54, 1.807) is 24.5 Å². The second kappa shape index (κ2) is 9.51. The summed E-state index contributed by atoms with van der Waals surface area (Å²) in [5.41, 5.74) is 0.800. The van der Waals surface area contributed by atoms with Crippen molar-refractivity contribution in [1.29, 1.82) is 0 Å². The molecule has 0 saturated heterocycles. The number of halogens is 4. The third-order valence-corrected chi connectivity index (χ3v) is 5.53. The first-order valence-electron chi connectivity index (χ1n) is 9.55. The summed E-state index contributed by atoms with van der Waals surface area (Å²) >= 11 is 3.29. The van der Waals surface area contributed by atoms with Crippen LogP contribution in [0.15, 0.2) is 53.3 Å². The van der Waals surface area contributed by atoms with Crippen LogP contribution in [0.3, 0.4) is 0 Å². The molecule has 0 saturated carbocycles. The molecular formula is C21H18BrF3N4O3. The van der Waals surface area contributed by atoms with Gasteiger partial charge in [0.25, 0.3) is 0 Å². The molecule has 1 aromatic heterocycles. The van der Waals surface area contributed by atoms with Gasteiger partial charge in [0.2, 0.25) is 13.7 Å². The number of nitrogens with zero attached hydrogens (tertiary/aromatic N) is 2. The van der Waals surface area contributed by atoms with Gasteiger partial charge < -0.3 is 24.7 Å². The summed E-state index contributed by atoms with van der Waals surface area (Å²) in [6.45, 7) is -1.83. The standard InChI is InChI=1S/C21H18BrF3N4O3/c22-12-7-16(31-10-23)18(17(8-12)32-11-24)15-9-29-6-5-26-20(29)19(15)28-21(30)27-14-3-1-13(25)2-4-14/h1-8,15,19H,9-11H2,(H2,27,28,30)/t15-,19-/m0/s1. The number of carbonyl (C=O) groups excluding carboxylic acids is 1. The molecule has 0 radical (unpaired) electrons. The van der Waals surface area contributed by atoms with Crippen molar-refractivity contribution in [3.63, 3.8) is 0 Å². The van der Waals surface area contributed by atoms with E-state index < -0.39 is 37.5 Å². The van der Waals surface area contributed by atoms with Crippen molar-refractivity contribution in [2.75, 3.05) is 19.0 Å². The van der Waals surface area contributed by atoms with E-state index in [0.717, 1.165) is 0 Å². The number of carbonyl (C=O) groups is 1. The fourth-order valence-electron chi connectivity index (χ4n) is 3.81. The van der Waals surface area contributed by atoms with Crippen LogP contribution in [-0.4, -0.2) is 29.3 Å². The number of imidazole rings is 1.